The van der Waals surface area contributed by atoms with Crippen LogP contribution in [-0.2, 0) is 0 Å². The van der Waals surface area contributed by atoms with Gasteiger partial charge in [0.25, 0.3) is 5.69 Å². The summed E-state index contributed by atoms with van der Waals surface area (Å²) in [6, 6.07) is 6.02. The maximum absolute atomic E-state index is 10.9. The smallest absolute Gasteiger partial charge is 0.274 e. The zero-order valence-corrected chi connectivity index (χ0v) is 12.3. The van der Waals surface area contributed by atoms with Crippen molar-refractivity contribution in [1.29, 1.82) is 0 Å². The van der Waals surface area contributed by atoms with Crippen molar-refractivity contribution < 1.29 is 4.92 Å². The van der Waals surface area contributed by atoms with Crippen molar-refractivity contribution in [3.05, 3.63) is 33.9 Å². The van der Waals surface area contributed by atoms with Crippen LogP contribution in [0, 0.1) is 17.0 Å². The molecule has 1 N–H and O–H groups in total. The molecule has 1 aliphatic rings. The Morgan fingerprint density at radius 1 is 1.40 bits per heavy atom. The van der Waals surface area contributed by atoms with E-state index in [9.17, 15) is 10.1 Å². The molecule has 0 amide bonds. The summed E-state index contributed by atoms with van der Waals surface area (Å²) in [4.78, 5) is 13.0. The van der Waals surface area contributed by atoms with Crippen molar-refractivity contribution in [2.24, 2.45) is 0 Å². The fourth-order valence-corrected chi connectivity index (χ4v) is 2.82. The number of nitrogens with one attached hydrogen (secondary N) is 1. The van der Waals surface area contributed by atoms with Gasteiger partial charge in [0, 0.05) is 36.4 Å². The molecule has 0 heterocycles. The molecule has 2 rings (SSSR count). The van der Waals surface area contributed by atoms with E-state index in [0.717, 1.165) is 18.8 Å². The topological polar surface area (TPSA) is 58.4 Å². The van der Waals surface area contributed by atoms with Gasteiger partial charge in [0.1, 0.15) is 0 Å². The zero-order chi connectivity index (χ0) is 14.5. The molecule has 0 unspecified atom stereocenters. The first-order chi connectivity index (χ1) is 9.58. The van der Waals surface area contributed by atoms with Crippen LogP contribution in [0.1, 0.15) is 31.2 Å². The Kier molecular flexibility index (Phi) is 4.95. The Balaban J connectivity index is 1.84. The average molecular weight is 277 g/mol. The zero-order valence-electron chi connectivity index (χ0n) is 12.3. The summed E-state index contributed by atoms with van der Waals surface area (Å²) in [7, 11) is 2.16. The fourth-order valence-electron chi connectivity index (χ4n) is 2.82. The number of likely N-dealkylation sites (N-methyl/N-ethyl adjacent to an activating group) is 1. The van der Waals surface area contributed by atoms with Crippen LogP contribution < -0.4 is 5.32 Å². The lowest BCUT2D eigenvalue weighted by Gasteiger charge is -2.24. The first-order valence-electron chi connectivity index (χ1n) is 7.27. The fraction of sp³-hybridized carbons (Fsp3) is 0.600. The van der Waals surface area contributed by atoms with E-state index in [1.54, 1.807) is 19.1 Å². The Bertz CT molecular complexity index is 470. The normalized spacial score (nSPS) is 15.8. The van der Waals surface area contributed by atoms with E-state index in [2.05, 4.69) is 17.3 Å². The van der Waals surface area contributed by atoms with Gasteiger partial charge < -0.3 is 10.2 Å². The monoisotopic (exact) mass is 277 g/mol. The summed E-state index contributed by atoms with van der Waals surface area (Å²) >= 11 is 0. The number of hydrogen-bond donors (Lipinski definition) is 1. The largest absolute Gasteiger partial charge is 0.384 e. The summed E-state index contributed by atoms with van der Waals surface area (Å²) in [6.07, 6.45) is 5.28. The molecule has 5 heteroatoms. The molecule has 0 atom stereocenters. The number of hydrogen-bond acceptors (Lipinski definition) is 4. The summed E-state index contributed by atoms with van der Waals surface area (Å²) in [5.74, 6) is 0. The SMILES string of the molecule is Cc1ccc(NCCN(C)C2CCCC2)cc1[N+](=O)[O-]. The summed E-state index contributed by atoms with van der Waals surface area (Å²) in [5, 5.41) is 14.2. The molecule has 1 fully saturated rings. The van der Waals surface area contributed by atoms with E-state index in [4.69, 9.17) is 0 Å². The third-order valence-corrected chi connectivity index (χ3v) is 4.15. The van der Waals surface area contributed by atoms with Gasteiger partial charge in [-0.2, -0.15) is 0 Å². The third kappa shape index (κ3) is 3.70. The second-order valence-corrected chi connectivity index (χ2v) is 5.60. The molecule has 1 aromatic rings. The minimum Gasteiger partial charge on any atom is -0.384 e. The number of aryl methyl sites for hydroxylation is 1. The van der Waals surface area contributed by atoms with Crippen LogP contribution in [0.4, 0.5) is 11.4 Å². The molecule has 0 radical (unpaired) electrons. The van der Waals surface area contributed by atoms with Crippen LogP contribution in [0.25, 0.3) is 0 Å². The van der Waals surface area contributed by atoms with E-state index in [-0.39, 0.29) is 10.6 Å². The number of rotatable bonds is 6. The van der Waals surface area contributed by atoms with Gasteiger partial charge in [-0.1, -0.05) is 18.9 Å². The quantitative estimate of drug-likeness (QED) is 0.641. The first kappa shape index (κ1) is 14.8. The van der Waals surface area contributed by atoms with Crippen molar-refractivity contribution in [2.75, 3.05) is 25.5 Å². The number of nitrogens with zero attached hydrogens (tertiary/aromatic N) is 2. The Morgan fingerprint density at radius 3 is 2.75 bits per heavy atom. The molecule has 20 heavy (non-hydrogen) atoms. The molecular weight excluding hydrogens is 254 g/mol. The third-order valence-electron chi connectivity index (χ3n) is 4.15. The predicted molar refractivity (Wildman–Crippen MR) is 81.2 cm³/mol. The lowest BCUT2D eigenvalue weighted by atomic mass is 10.2. The van der Waals surface area contributed by atoms with E-state index in [1.807, 2.05) is 6.07 Å². The lowest BCUT2D eigenvalue weighted by Crippen LogP contribution is -2.33. The highest BCUT2D eigenvalue weighted by Gasteiger charge is 2.18. The van der Waals surface area contributed by atoms with Gasteiger partial charge >= 0.3 is 0 Å². The molecule has 1 aliphatic carbocycles. The van der Waals surface area contributed by atoms with Crippen LogP contribution in [0.15, 0.2) is 18.2 Å². The van der Waals surface area contributed by atoms with Crippen LogP contribution in [0.3, 0.4) is 0 Å². The van der Waals surface area contributed by atoms with Crippen molar-refractivity contribution in [3.8, 4) is 0 Å². The summed E-state index contributed by atoms with van der Waals surface area (Å²) in [5.41, 5.74) is 1.70. The molecule has 0 aromatic heterocycles. The highest BCUT2D eigenvalue weighted by molar-refractivity contribution is 5.54. The van der Waals surface area contributed by atoms with Crippen molar-refractivity contribution >= 4 is 11.4 Å². The highest BCUT2D eigenvalue weighted by Crippen LogP contribution is 2.23. The standard InChI is InChI=1S/C15H23N3O2/c1-12-7-8-13(11-15(12)18(19)20)16-9-10-17(2)14-5-3-4-6-14/h7-8,11,14,16H,3-6,9-10H2,1-2H3. The van der Waals surface area contributed by atoms with Crippen molar-refractivity contribution in [1.82, 2.24) is 4.90 Å². The minimum atomic E-state index is -0.328. The second kappa shape index (κ2) is 6.70. The van der Waals surface area contributed by atoms with Gasteiger partial charge in [0.15, 0.2) is 0 Å². The average Bonchev–Trinajstić information content (AvgIpc) is 2.94. The van der Waals surface area contributed by atoms with Crippen molar-refractivity contribution in [3.63, 3.8) is 0 Å². The maximum Gasteiger partial charge on any atom is 0.274 e. The van der Waals surface area contributed by atoms with Crippen LogP contribution in [-0.4, -0.2) is 36.0 Å². The molecule has 0 saturated heterocycles. The number of nitro benzene ring substituents is 1. The minimum absolute atomic E-state index is 0.180. The van der Waals surface area contributed by atoms with Gasteiger partial charge in [-0.05, 0) is 32.9 Å². The molecule has 1 saturated carbocycles. The molecule has 0 aliphatic heterocycles. The summed E-state index contributed by atoms with van der Waals surface area (Å²) < 4.78 is 0. The molecule has 5 nitrogen and oxygen atoms in total. The maximum atomic E-state index is 10.9. The Morgan fingerprint density at radius 2 is 2.10 bits per heavy atom. The van der Waals surface area contributed by atoms with Gasteiger partial charge in [-0.25, -0.2) is 0 Å². The predicted octanol–water partition coefficient (Wildman–Crippen LogP) is 3.19. The number of anilines is 1. The first-order valence-corrected chi connectivity index (χ1v) is 7.27. The van der Waals surface area contributed by atoms with Gasteiger partial charge in [0.2, 0.25) is 0 Å². The van der Waals surface area contributed by atoms with E-state index >= 15 is 0 Å². The summed E-state index contributed by atoms with van der Waals surface area (Å²) in [6.45, 7) is 3.54. The molecule has 1 aromatic carbocycles. The van der Waals surface area contributed by atoms with E-state index in [0.29, 0.717) is 11.6 Å². The Labute approximate surface area is 120 Å². The molecule has 110 valence electrons. The van der Waals surface area contributed by atoms with Crippen molar-refractivity contribution in [2.45, 2.75) is 38.6 Å². The number of nitro groups is 1. The molecule has 0 bridgehead atoms. The lowest BCUT2D eigenvalue weighted by molar-refractivity contribution is -0.385. The van der Waals surface area contributed by atoms with Crippen LogP contribution in [0.5, 0.6) is 0 Å². The van der Waals surface area contributed by atoms with Gasteiger partial charge in [-0.3, -0.25) is 10.1 Å². The van der Waals surface area contributed by atoms with Gasteiger partial charge in [0.05, 0.1) is 4.92 Å². The van der Waals surface area contributed by atoms with Crippen LogP contribution in [0.2, 0.25) is 0 Å². The molecule has 0 spiro atoms. The second-order valence-electron chi connectivity index (χ2n) is 5.60. The van der Waals surface area contributed by atoms with Gasteiger partial charge in [-0.15, -0.1) is 0 Å². The highest BCUT2D eigenvalue weighted by atomic mass is 16.6. The van der Waals surface area contributed by atoms with Crippen LogP contribution >= 0.6 is 0 Å². The number of benzene rings is 1. The van der Waals surface area contributed by atoms with E-state index in [1.165, 1.54) is 25.7 Å². The molecular formula is C15H23N3O2. The Hall–Kier alpha value is -1.62. The van der Waals surface area contributed by atoms with E-state index < -0.39 is 0 Å².